The summed E-state index contributed by atoms with van der Waals surface area (Å²) < 4.78 is 8.71. The maximum atomic E-state index is 6.40. The quantitative estimate of drug-likeness (QED) is 0.179. The Kier molecular flexibility index (Phi) is 7.00. The molecule has 1 aliphatic heterocycles. The standard InChI is InChI=1S/C49H29N3OS/c1-2-7-30(8-3-1)31-17-21-36(22-18-31)45-48-47(40-10-4-5-12-43(40)54-48)52-49(51-45)37-23-19-33(20-24-37)32-13-15-34(16-14-32)38-25-26-39-42(29-38)53-41-11-6-9-35-27-28-50-46(39)44(35)41/h1-29H. The summed E-state index contributed by atoms with van der Waals surface area (Å²) in [4.78, 5) is 15.1. The molecule has 0 aliphatic carbocycles. The molecule has 0 amide bonds. The Bertz CT molecular complexity index is 3040. The summed E-state index contributed by atoms with van der Waals surface area (Å²) in [6.45, 7) is 0. The van der Waals surface area contributed by atoms with Gasteiger partial charge in [0.05, 0.1) is 27.0 Å². The first kappa shape index (κ1) is 30.7. The zero-order valence-corrected chi connectivity index (χ0v) is 29.7. The zero-order valence-electron chi connectivity index (χ0n) is 28.9. The Morgan fingerprint density at radius 3 is 1.83 bits per heavy atom. The van der Waals surface area contributed by atoms with Crippen molar-refractivity contribution in [2.45, 2.75) is 0 Å². The number of thiophene rings is 1. The Hall–Kier alpha value is -6.95. The van der Waals surface area contributed by atoms with Crippen LogP contribution >= 0.6 is 11.3 Å². The topological polar surface area (TPSA) is 47.9 Å². The number of nitrogens with zero attached hydrogens (tertiary/aromatic N) is 3. The molecule has 0 N–H and O–H groups in total. The van der Waals surface area contributed by atoms with Gasteiger partial charge in [-0.25, -0.2) is 9.97 Å². The maximum Gasteiger partial charge on any atom is 0.160 e. The summed E-state index contributed by atoms with van der Waals surface area (Å²) in [7, 11) is 0. The number of aromatic nitrogens is 3. The van der Waals surface area contributed by atoms with Crippen molar-refractivity contribution in [3.8, 4) is 78.8 Å². The third-order valence-electron chi connectivity index (χ3n) is 10.4. The molecular weight excluding hydrogens is 679 g/mol. The van der Waals surface area contributed by atoms with E-state index in [2.05, 4.69) is 146 Å². The number of pyridine rings is 1. The van der Waals surface area contributed by atoms with Crippen LogP contribution in [0.1, 0.15) is 0 Å². The minimum atomic E-state index is 0.721. The predicted octanol–water partition coefficient (Wildman–Crippen LogP) is 13.5. The first-order valence-electron chi connectivity index (χ1n) is 18.0. The molecule has 0 atom stereocenters. The summed E-state index contributed by atoms with van der Waals surface area (Å²) in [5.74, 6) is 2.40. The van der Waals surface area contributed by atoms with Crippen LogP contribution in [0.2, 0.25) is 0 Å². The van der Waals surface area contributed by atoms with Gasteiger partial charge in [0.1, 0.15) is 11.5 Å². The van der Waals surface area contributed by atoms with E-state index < -0.39 is 0 Å². The monoisotopic (exact) mass is 707 g/mol. The zero-order chi connectivity index (χ0) is 35.6. The van der Waals surface area contributed by atoms with Crippen LogP contribution < -0.4 is 4.74 Å². The fourth-order valence-corrected chi connectivity index (χ4v) is 8.77. The predicted molar refractivity (Wildman–Crippen MR) is 223 cm³/mol. The molecule has 0 unspecified atom stereocenters. The summed E-state index contributed by atoms with van der Waals surface area (Å²) >= 11 is 1.76. The molecule has 5 heteroatoms. The molecule has 0 spiro atoms. The minimum Gasteiger partial charge on any atom is -0.456 e. The lowest BCUT2D eigenvalue weighted by Crippen LogP contribution is -1.99. The molecule has 7 aromatic carbocycles. The lowest BCUT2D eigenvalue weighted by atomic mass is 9.95. The van der Waals surface area contributed by atoms with Gasteiger partial charge in [-0.15, -0.1) is 11.3 Å². The molecule has 0 fully saturated rings. The number of hydrogen-bond donors (Lipinski definition) is 0. The van der Waals surface area contributed by atoms with E-state index in [1.54, 1.807) is 11.3 Å². The van der Waals surface area contributed by atoms with E-state index in [-0.39, 0.29) is 0 Å². The van der Waals surface area contributed by atoms with Gasteiger partial charge in [0.2, 0.25) is 0 Å². The lowest BCUT2D eigenvalue weighted by molar-refractivity contribution is 0.486. The van der Waals surface area contributed by atoms with Gasteiger partial charge in [-0.05, 0) is 69.1 Å². The van der Waals surface area contributed by atoms with Crippen LogP contribution in [0.15, 0.2) is 176 Å². The largest absolute Gasteiger partial charge is 0.456 e. The van der Waals surface area contributed by atoms with Crippen molar-refractivity contribution in [1.29, 1.82) is 0 Å². The average molecular weight is 708 g/mol. The van der Waals surface area contributed by atoms with Crippen LogP contribution in [0.5, 0.6) is 11.5 Å². The molecule has 3 aromatic heterocycles. The van der Waals surface area contributed by atoms with Crippen molar-refractivity contribution in [2.24, 2.45) is 0 Å². The molecule has 0 saturated carbocycles. The highest BCUT2D eigenvalue weighted by Gasteiger charge is 2.22. The first-order chi connectivity index (χ1) is 26.7. The van der Waals surface area contributed by atoms with Crippen LogP contribution in [0, 0.1) is 0 Å². The average Bonchev–Trinajstić information content (AvgIpc) is 3.63. The maximum absolute atomic E-state index is 6.40. The third-order valence-corrected chi connectivity index (χ3v) is 11.6. The van der Waals surface area contributed by atoms with Gasteiger partial charge in [-0.3, -0.25) is 4.98 Å². The second-order valence-corrected chi connectivity index (χ2v) is 14.6. The van der Waals surface area contributed by atoms with Gasteiger partial charge in [0.15, 0.2) is 5.82 Å². The molecule has 4 heterocycles. The van der Waals surface area contributed by atoms with E-state index in [0.29, 0.717) is 0 Å². The van der Waals surface area contributed by atoms with E-state index in [1.807, 2.05) is 30.5 Å². The highest BCUT2D eigenvalue weighted by molar-refractivity contribution is 7.26. The molecule has 1 aliphatic rings. The molecule has 252 valence electrons. The van der Waals surface area contributed by atoms with Gasteiger partial charge in [0, 0.05) is 33.0 Å². The van der Waals surface area contributed by atoms with E-state index in [9.17, 15) is 0 Å². The fraction of sp³-hybridized carbons (Fsp3) is 0. The number of hydrogen-bond acceptors (Lipinski definition) is 5. The van der Waals surface area contributed by atoms with Crippen molar-refractivity contribution in [1.82, 2.24) is 15.0 Å². The van der Waals surface area contributed by atoms with E-state index >= 15 is 0 Å². The van der Waals surface area contributed by atoms with Gasteiger partial charge < -0.3 is 4.74 Å². The summed E-state index contributed by atoms with van der Waals surface area (Å²) in [6, 6.07) is 59.6. The molecular formula is C49H29N3OS. The normalized spacial score (nSPS) is 11.9. The van der Waals surface area contributed by atoms with Crippen molar-refractivity contribution in [2.75, 3.05) is 0 Å². The molecule has 0 saturated heterocycles. The van der Waals surface area contributed by atoms with E-state index in [0.717, 1.165) is 94.0 Å². The third kappa shape index (κ3) is 5.09. The molecule has 0 bridgehead atoms. The Morgan fingerprint density at radius 1 is 0.444 bits per heavy atom. The lowest BCUT2D eigenvalue weighted by Gasteiger charge is -2.21. The fourth-order valence-electron chi connectivity index (χ4n) is 7.62. The Labute approximate surface area is 315 Å². The number of rotatable bonds is 5. The van der Waals surface area contributed by atoms with Crippen LogP contribution in [0.3, 0.4) is 0 Å². The van der Waals surface area contributed by atoms with Gasteiger partial charge in [-0.1, -0.05) is 140 Å². The highest BCUT2D eigenvalue weighted by atomic mass is 32.1. The molecule has 10 aromatic rings. The number of ether oxygens (including phenoxy) is 1. The summed E-state index contributed by atoms with van der Waals surface area (Å²) in [6.07, 6.45) is 1.87. The summed E-state index contributed by atoms with van der Waals surface area (Å²) in [5.41, 5.74) is 12.9. The molecule has 11 rings (SSSR count). The van der Waals surface area contributed by atoms with Gasteiger partial charge in [-0.2, -0.15) is 0 Å². The minimum absolute atomic E-state index is 0.721. The van der Waals surface area contributed by atoms with Gasteiger partial charge in [0.25, 0.3) is 0 Å². The molecule has 0 radical (unpaired) electrons. The van der Waals surface area contributed by atoms with Crippen molar-refractivity contribution >= 4 is 42.4 Å². The first-order valence-corrected chi connectivity index (χ1v) is 18.8. The van der Waals surface area contributed by atoms with Crippen molar-refractivity contribution < 1.29 is 4.74 Å². The SMILES string of the molecule is c1ccc(-c2ccc(-c3nc(-c4ccc(-c5ccc(-c6ccc7c(c6)Oc6cccc8ccnc-7c68)cc5)cc4)nc4c3sc3ccccc34)cc2)cc1. The van der Waals surface area contributed by atoms with Crippen molar-refractivity contribution in [3.63, 3.8) is 0 Å². The van der Waals surface area contributed by atoms with Crippen LogP contribution in [-0.2, 0) is 0 Å². The van der Waals surface area contributed by atoms with Crippen LogP contribution in [0.4, 0.5) is 0 Å². The highest BCUT2D eigenvalue weighted by Crippen LogP contribution is 2.46. The number of benzene rings is 7. The second-order valence-electron chi connectivity index (χ2n) is 13.6. The number of fused-ring (bicyclic) bond motifs is 5. The Balaban J connectivity index is 0.909. The van der Waals surface area contributed by atoms with E-state index in [1.165, 1.54) is 15.8 Å². The molecule has 4 nitrogen and oxygen atoms in total. The second kappa shape index (κ2) is 12.3. The Morgan fingerprint density at radius 2 is 1.07 bits per heavy atom. The van der Waals surface area contributed by atoms with Gasteiger partial charge >= 0.3 is 0 Å². The molecule has 54 heavy (non-hydrogen) atoms. The van der Waals surface area contributed by atoms with Crippen molar-refractivity contribution in [3.05, 3.63) is 176 Å². The van der Waals surface area contributed by atoms with E-state index in [4.69, 9.17) is 19.7 Å². The van der Waals surface area contributed by atoms with Crippen LogP contribution in [0.25, 0.3) is 98.4 Å². The summed E-state index contributed by atoms with van der Waals surface area (Å²) in [5, 5.41) is 3.36. The smallest absolute Gasteiger partial charge is 0.160 e. The van der Waals surface area contributed by atoms with Crippen LogP contribution in [-0.4, -0.2) is 15.0 Å².